The summed E-state index contributed by atoms with van der Waals surface area (Å²) >= 11 is 0. The molecule has 1 saturated heterocycles. The molecule has 1 aliphatic rings. The van der Waals surface area contributed by atoms with Gasteiger partial charge in [-0.1, -0.05) is 0 Å². The predicted octanol–water partition coefficient (Wildman–Crippen LogP) is 0.386. The number of hydrogen-bond donors (Lipinski definition) is 1. The third-order valence-electron chi connectivity index (χ3n) is 4.19. The van der Waals surface area contributed by atoms with Crippen LogP contribution < -0.4 is 5.32 Å². The first-order valence-electron chi connectivity index (χ1n) is 8.24. The van der Waals surface area contributed by atoms with Crippen LogP contribution in [0.3, 0.4) is 0 Å². The van der Waals surface area contributed by atoms with Gasteiger partial charge in [-0.3, -0.25) is 14.5 Å². The van der Waals surface area contributed by atoms with Gasteiger partial charge in [-0.15, -0.1) is 0 Å². The van der Waals surface area contributed by atoms with Crippen LogP contribution in [0.4, 0.5) is 0 Å². The van der Waals surface area contributed by atoms with Crippen molar-refractivity contribution in [2.45, 2.75) is 45.7 Å². The maximum Gasteiger partial charge on any atom is 0.224 e. The fraction of sp³-hybridized carbons (Fsp3) is 0.875. The predicted molar refractivity (Wildman–Crippen MR) is 88.7 cm³/mol. The highest BCUT2D eigenvalue weighted by Gasteiger charge is 2.30. The Morgan fingerprint density at radius 1 is 1.18 bits per heavy atom. The van der Waals surface area contributed by atoms with Crippen LogP contribution in [-0.4, -0.2) is 85.4 Å². The summed E-state index contributed by atoms with van der Waals surface area (Å²) in [5, 5.41) is 2.68. The molecule has 1 aliphatic heterocycles. The summed E-state index contributed by atoms with van der Waals surface area (Å²) in [6.07, 6.45) is 1.54. The van der Waals surface area contributed by atoms with Crippen LogP contribution in [0.25, 0.3) is 0 Å². The summed E-state index contributed by atoms with van der Waals surface area (Å²) in [5.41, 5.74) is 0. The molecule has 0 aromatic carbocycles. The molecule has 0 radical (unpaired) electrons. The molecule has 1 fully saturated rings. The fourth-order valence-corrected chi connectivity index (χ4v) is 3.07. The molecule has 6 heteroatoms. The number of amides is 2. The van der Waals surface area contributed by atoms with Gasteiger partial charge in [-0.05, 0) is 40.9 Å². The molecule has 0 aromatic heterocycles. The third kappa shape index (κ3) is 6.32. The van der Waals surface area contributed by atoms with E-state index in [-0.39, 0.29) is 11.8 Å². The lowest BCUT2D eigenvalue weighted by atomic mass is 10.1. The number of carbonyl (C=O) groups excluding carboxylic acids is 2. The van der Waals surface area contributed by atoms with Crippen molar-refractivity contribution in [3.05, 3.63) is 0 Å². The first kappa shape index (κ1) is 18.9. The van der Waals surface area contributed by atoms with E-state index >= 15 is 0 Å². The highest BCUT2D eigenvalue weighted by Crippen LogP contribution is 2.16. The van der Waals surface area contributed by atoms with E-state index in [9.17, 15) is 9.59 Å². The highest BCUT2D eigenvalue weighted by atomic mass is 16.2. The molecule has 2 atom stereocenters. The minimum Gasteiger partial charge on any atom is -0.356 e. The molecule has 0 aliphatic carbocycles. The van der Waals surface area contributed by atoms with E-state index < -0.39 is 0 Å². The lowest BCUT2D eigenvalue weighted by Gasteiger charge is -2.44. The first-order valence-corrected chi connectivity index (χ1v) is 8.24. The number of nitrogens with zero attached hydrogens (tertiary/aromatic N) is 3. The maximum absolute atomic E-state index is 12.2. The second kappa shape index (κ2) is 9.10. The average Bonchev–Trinajstić information content (AvgIpc) is 2.40. The highest BCUT2D eigenvalue weighted by molar-refractivity contribution is 5.78. The molecule has 1 rings (SSSR count). The summed E-state index contributed by atoms with van der Waals surface area (Å²) in [7, 11) is 4.19. The summed E-state index contributed by atoms with van der Waals surface area (Å²) in [6.45, 7) is 10.0. The van der Waals surface area contributed by atoms with Crippen LogP contribution in [0, 0.1) is 0 Å². The lowest BCUT2D eigenvalue weighted by molar-refractivity contribution is -0.135. The van der Waals surface area contributed by atoms with Gasteiger partial charge in [0.2, 0.25) is 11.8 Å². The summed E-state index contributed by atoms with van der Waals surface area (Å²) < 4.78 is 0. The van der Waals surface area contributed by atoms with Gasteiger partial charge in [-0.25, -0.2) is 0 Å². The second-order valence-corrected chi connectivity index (χ2v) is 6.62. The Kier molecular flexibility index (Phi) is 7.82. The van der Waals surface area contributed by atoms with Gasteiger partial charge >= 0.3 is 0 Å². The van der Waals surface area contributed by atoms with Crippen molar-refractivity contribution < 1.29 is 9.59 Å². The van der Waals surface area contributed by atoms with Crippen LogP contribution in [0.5, 0.6) is 0 Å². The van der Waals surface area contributed by atoms with Crippen LogP contribution in [0.2, 0.25) is 0 Å². The molecule has 0 aromatic rings. The van der Waals surface area contributed by atoms with Gasteiger partial charge in [-0.2, -0.15) is 0 Å². The van der Waals surface area contributed by atoms with E-state index in [1.807, 2.05) is 4.90 Å². The maximum atomic E-state index is 12.2. The molecular formula is C16H32N4O2. The summed E-state index contributed by atoms with van der Waals surface area (Å²) in [5.74, 6) is 0.0561. The van der Waals surface area contributed by atoms with Crippen LogP contribution in [-0.2, 0) is 9.59 Å². The number of nitrogens with one attached hydrogen (secondary N) is 1. The Morgan fingerprint density at radius 2 is 1.77 bits per heavy atom. The van der Waals surface area contributed by atoms with Gasteiger partial charge < -0.3 is 15.1 Å². The topological polar surface area (TPSA) is 55.9 Å². The Labute approximate surface area is 134 Å². The summed E-state index contributed by atoms with van der Waals surface area (Å²) in [6, 6.07) is 0.770. The molecule has 0 spiro atoms. The lowest BCUT2D eigenvalue weighted by Crippen LogP contribution is -2.58. The molecule has 1 N–H and O–H groups in total. The normalized spacial score (nSPS) is 22.9. The zero-order valence-electron chi connectivity index (χ0n) is 14.8. The van der Waals surface area contributed by atoms with Crippen LogP contribution in [0.1, 0.15) is 33.6 Å². The number of carbonyl (C=O) groups is 2. The average molecular weight is 312 g/mol. The first-order chi connectivity index (χ1) is 10.3. The van der Waals surface area contributed by atoms with E-state index in [1.54, 1.807) is 0 Å². The number of piperazine rings is 1. The number of hydrogen-bond acceptors (Lipinski definition) is 4. The van der Waals surface area contributed by atoms with E-state index in [0.29, 0.717) is 25.0 Å². The zero-order valence-corrected chi connectivity index (χ0v) is 14.8. The summed E-state index contributed by atoms with van der Waals surface area (Å²) in [4.78, 5) is 29.7. The van der Waals surface area contributed by atoms with Crippen molar-refractivity contribution in [1.29, 1.82) is 0 Å². The van der Waals surface area contributed by atoms with Crippen molar-refractivity contribution in [2.75, 3.05) is 46.8 Å². The molecular weight excluding hydrogens is 280 g/mol. The Balaban J connectivity index is 2.40. The van der Waals surface area contributed by atoms with E-state index in [1.165, 1.54) is 6.92 Å². The Bertz CT molecular complexity index is 361. The van der Waals surface area contributed by atoms with Crippen LogP contribution >= 0.6 is 0 Å². The Morgan fingerprint density at radius 3 is 2.27 bits per heavy atom. The molecule has 128 valence electrons. The number of rotatable bonds is 7. The van der Waals surface area contributed by atoms with E-state index in [2.05, 4.69) is 43.1 Å². The van der Waals surface area contributed by atoms with Gasteiger partial charge in [0, 0.05) is 51.6 Å². The minimum atomic E-state index is -0.0831. The van der Waals surface area contributed by atoms with Crippen LogP contribution in [0.15, 0.2) is 0 Å². The molecule has 22 heavy (non-hydrogen) atoms. The molecule has 0 saturated carbocycles. The molecule has 0 bridgehead atoms. The standard InChI is InChI=1S/C16H32N4O2/c1-13-11-19(16(22)7-8-17-15(3)21)12-14(2)20(13)10-6-9-18(4)5/h13-14H,6-12H2,1-5H3,(H,17,21). The van der Waals surface area contributed by atoms with E-state index in [4.69, 9.17) is 0 Å². The molecule has 2 unspecified atom stereocenters. The van der Waals surface area contributed by atoms with Crippen molar-refractivity contribution in [1.82, 2.24) is 20.0 Å². The quantitative estimate of drug-likeness (QED) is 0.739. The molecule has 6 nitrogen and oxygen atoms in total. The van der Waals surface area contributed by atoms with Gasteiger partial charge in [0.15, 0.2) is 0 Å². The minimum absolute atomic E-state index is 0.0831. The molecule has 2 amide bonds. The molecule has 1 heterocycles. The van der Waals surface area contributed by atoms with Gasteiger partial charge in [0.25, 0.3) is 0 Å². The fourth-order valence-electron chi connectivity index (χ4n) is 3.07. The van der Waals surface area contributed by atoms with Crippen molar-refractivity contribution >= 4 is 11.8 Å². The van der Waals surface area contributed by atoms with Crippen molar-refractivity contribution in [3.63, 3.8) is 0 Å². The van der Waals surface area contributed by atoms with Crippen molar-refractivity contribution in [2.24, 2.45) is 0 Å². The SMILES string of the molecule is CC(=O)NCCC(=O)N1CC(C)N(CCCN(C)C)C(C)C1. The third-order valence-corrected chi connectivity index (χ3v) is 4.19. The second-order valence-electron chi connectivity index (χ2n) is 6.62. The Hall–Kier alpha value is -1.14. The smallest absolute Gasteiger partial charge is 0.224 e. The zero-order chi connectivity index (χ0) is 16.7. The van der Waals surface area contributed by atoms with Crippen molar-refractivity contribution in [3.8, 4) is 0 Å². The largest absolute Gasteiger partial charge is 0.356 e. The van der Waals surface area contributed by atoms with Gasteiger partial charge in [0.1, 0.15) is 0 Å². The van der Waals surface area contributed by atoms with Gasteiger partial charge in [0.05, 0.1) is 0 Å². The van der Waals surface area contributed by atoms with E-state index in [0.717, 1.165) is 32.6 Å². The monoisotopic (exact) mass is 312 g/mol.